The molecule has 0 spiro atoms. The molecule has 1 aromatic rings. The molecule has 0 bridgehead atoms. The van der Waals surface area contributed by atoms with E-state index in [2.05, 4.69) is 0 Å². The van der Waals surface area contributed by atoms with Gasteiger partial charge in [-0.15, -0.1) is 0 Å². The lowest BCUT2D eigenvalue weighted by Crippen LogP contribution is -2.43. The molecule has 0 radical (unpaired) electrons. The van der Waals surface area contributed by atoms with Crippen LogP contribution in [0, 0.1) is 0 Å². The number of carbonyl (C=O) groups excluding carboxylic acids is 2. The zero-order chi connectivity index (χ0) is 12.5. The Bertz CT molecular complexity index is 450. The largest absolute Gasteiger partial charge is 0.332 e. The van der Waals surface area contributed by atoms with E-state index in [4.69, 9.17) is 5.73 Å². The molecule has 4 heteroatoms. The van der Waals surface area contributed by atoms with E-state index in [-0.39, 0.29) is 11.6 Å². The maximum Gasteiger partial charge on any atom is 0.179 e. The number of aromatic nitrogens is 1. The second-order valence-corrected chi connectivity index (χ2v) is 4.78. The van der Waals surface area contributed by atoms with Crippen LogP contribution in [0.15, 0.2) is 18.3 Å². The minimum Gasteiger partial charge on any atom is -0.332 e. The number of Topliss-reactive ketones (excluding diaryl/α,β-unsaturated/α-hetero) is 2. The van der Waals surface area contributed by atoms with Gasteiger partial charge in [-0.05, 0) is 38.4 Å². The van der Waals surface area contributed by atoms with Crippen molar-refractivity contribution < 1.29 is 9.59 Å². The fraction of sp³-hybridized carbons (Fsp3) is 0.538. The van der Waals surface area contributed by atoms with Gasteiger partial charge >= 0.3 is 0 Å². The van der Waals surface area contributed by atoms with Crippen LogP contribution in [-0.2, 0) is 10.3 Å². The van der Waals surface area contributed by atoms with Crippen LogP contribution in [0.25, 0.3) is 0 Å². The van der Waals surface area contributed by atoms with E-state index in [9.17, 15) is 9.59 Å². The van der Waals surface area contributed by atoms with E-state index in [1.807, 2.05) is 23.8 Å². The van der Waals surface area contributed by atoms with Crippen molar-refractivity contribution in [2.24, 2.45) is 5.73 Å². The SMILES string of the molecule is CC1(C(=O)CCCN)CCC(=O)c2cccn21. The lowest BCUT2D eigenvalue weighted by Gasteiger charge is -2.35. The zero-order valence-electron chi connectivity index (χ0n) is 10.1. The van der Waals surface area contributed by atoms with Crippen molar-refractivity contribution in [3.05, 3.63) is 24.0 Å². The number of nitrogens with zero attached hydrogens (tertiary/aromatic N) is 1. The van der Waals surface area contributed by atoms with Gasteiger partial charge < -0.3 is 10.3 Å². The number of hydrogen-bond donors (Lipinski definition) is 1. The average Bonchev–Trinajstić information content (AvgIpc) is 2.81. The van der Waals surface area contributed by atoms with E-state index in [0.29, 0.717) is 37.9 Å². The number of carbonyl (C=O) groups is 2. The monoisotopic (exact) mass is 234 g/mol. The smallest absolute Gasteiger partial charge is 0.179 e. The van der Waals surface area contributed by atoms with Gasteiger partial charge in [-0.3, -0.25) is 9.59 Å². The summed E-state index contributed by atoms with van der Waals surface area (Å²) in [6.45, 7) is 2.45. The first-order chi connectivity index (χ1) is 8.09. The van der Waals surface area contributed by atoms with Crippen LogP contribution in [-0.4, -0.2) is 22.7 Å². The number of rotatable bonds is 4. The molecular formula is C13H18N2O2. The second kappa shape index (κ2) is 4.45. The van der Waals surface area contributed by atoms with Gasteiger partial charge in [-0.25, -0.2) is 0 Å². The molecule has 1 aromatic heterocycles. The summed E-state index contributed by atoms with van der Waals surface area (Å²) in [6, 6.07) is 3.61. The first-order valence-corrected chi connectivity index (χ1v) is 6.04. The number of fused-ring (bicyclic) bond motifs is 1. The van der Waals surface area contributed by atoms with Gasteiger partial charge in [0.05, 0.1) is 5.69 Å². The first kappa shape index (κ1) is 12.0. The third-order valence-electron chi connectivity index (χ3n) is 3.61. The molecule has 1 aliphatic heterocycles. The minimum atomic E-state index is -0.568. The van der Waals surface area contributed by atoms with Crippen molar-refractivity contribution >= 4 is 11.6 Å². The number of hydrogen-bond acceptors (Lipinski definition) is 3. The molecule has 0 saturated heterocycles. The number of ketones is 2. The third-order valence-corrected chi connectivity index (χ3v) is 3.61. The van der Waals surface area contributed by atoms with Gasteiger partial charge in [0.15, 0.2) is 11.6 Å². The lowest BCUT2D eigenvalue weighted by atomic mass is 9.84. The Morgan fingerprint density at radius 1 is 1.59 bits per heavy atom. The summed E-state index contributed by atoms with van der Waals surface area (Å²) in [5.74, 6) is 0.298. The molecule has 0 saturated carbocycles. The fourth-order valence-electron chi connectivity index (χ4n) is 2.45. The van der Waals surface area contributed by atoms with Crippen molar-refractivity contribution in [3.8, 4) is 0 Å². The molecule has 2 rings (SSSR count). The van der Waals surface area contributed by atoms with Gasteiger partial charge in [0.1, 0.15) is 5.54 Å². The molecule has 92 valence electrons. The van der Waals surface area contributed by atoms with Crippen LogP contribution in [0.4, 0.5) is 0 Å². The third kappa shape index (κ3) is 1.93. The van der Waals surface area contributed by atoms with E-state index < -0.39 is 5.54 Å². The Labute approximate surface area is 101 Å². The minimum absolute atomic E-state index is 0.124. The Morgan fingerprint density at radius 3 is 3.06 bits per heavy atom. The molecule has 17 heavy (non-hydrogen) atoms. The molecule has 1 aliphatic rings. The normalized spacial score (nSPS) is 23.5. The zero-order valence-corrected chi connectivity index (χ0v) is 10.1. The van der Waals surface area contributed by atoms with E-state index in [1.165, 1.54) is 0 Å². The van der Waals surface area contributed by atoms with Gasteiger partial charge in [-0.1, -0.05) is 0 Å². The predicted molar refractivity (Wildman–Crippen MR) is 64.9 cm³/mol. The van der Waals surface area contributed by atoms with Crippen molar-refractivity contribution in [3.63, 3.8) is 0 Å². The lowest BCUT2D eigenvalue weighted by molar-refractivity contribution is -0.127. The highest BCUT2D eigenvalue weighted by molar-refractivity contribution is 5.98. The van der Waals surface area contributed by atoms with Crippen molar-refractivity contribution in [1.29, 1.82) is 0 Å². The molecule has 1 atom stereocenters. The molecule has 1 unspecified atom stereocenters. The molecule has 0 aliphatic carbocycles. The van der Waals surface area contributed by atoms with Crippen molar-refractivity contribution in [2.75, 3.05) is 6.54 Å². The fourth-order valence-corrected chi connectivity index (χ4v) is 2.45. The summed E-state index contributed by atoms with van der Waals surface area (Å²) >= 11 is 0. The quantitative estimate of drug-likeness (QED) is 0.858. The molecule has 2 N–H and O–H groups in total. The van der Waals surface area contributed by atoms with Crippen LogP contribution >= 0.6 is 0 Å². The summed E-state index contributed by atoms with van der Waals surface area (Å²) in [6.07, 6.45) is 4.07. The standard InChI is InChI=1S/C13H18N2O2/c1-13(12(17)5-2-8-14)7-6-11(16)10-4-3-9-15(10)13/h3-4,9H,2,5-8,14H2,1H3. The molecule has 2 heterocycles. The van der Waals surface area contributed by atoms with Crippen molar-refractivity contribution in [2.45, 2.75) is 38.1 Å². The predicted octanol–water partition coefficient (Wildman–Crippen LogP) is 1.49. The average molecular weight is 234 g/mol. The molecule has 4 nitrogen and oxygen atoms in total. The summed E-state index contributed by atoms with van der Waals surface area (Å²) in [7, 11) is 0. The second-order valence-electron chi connectivity index (χ2n) is 4.78. The Balaban J connectivity index is 2.31. The van der Waals surface area contributed by atoms with Gasteiger partial charge in [-0.2, -0.15) is 0 Å². The van der Waals surface area contributed by atoms with Gasteiger partial charge in [0.2, 0.25) is 0 Å². The molecule has 0 fully saturated rings. The first-order valence-electron chi connectivity index (χ1n) is 6.04. The van der Waals surface area contributed by atoms with Gasteiger partial charge in [0.25, 0.3) is 0 Å². The highest BCUT2D eigenvalue weighted by Crippen LogP contribution is 2.32. The summed E-state index contributed by atoms with van der Waals surface area (Å²) < 4.78 is 1.83. The topological polar surface area (TPSA) is 65.1 Å². The maximum absolute atomic E-state index is 12.3. The summed E-state index contributed by atoms with van der Waals surface area (Å²) in [5, 5.41) is 0. The van der Waals surface area contributed by atoms with Crippen LogP contribution in [0.1, 0.15) is 43.1 Å². The Hall–Kier alpha value is -1.42. The summed E-state index contributed by atoms with van der Waals surface area (Å²) in [5.41, 5.74) is 5.52. The molecule has 0 aromatic carbocycles. The van der Waals surface area contributed by atoms with Crippen LogP contribution in [0.5, 0.6) is 0 Å². The van der Waals surface area contributed by atoms with Crippen LogP contribution in [0.3, 0.4) is 0 Å². The highest BCUT2D eigenvalue weighted by atomic mass is 16.1. The van der Waals surface area contributed by atoms with Crippen molar-refractivity contribution in [1.82, 2.24) is 4.57 Å². The summed E-state index contributed by atoms with van der Waals surface area (Å²) in [4.78, 5) is 24.0. The van der Waals surface area contributed by atoms with Gasteiger partial charge in [0, 0.05) is 19.0 Å². The maximum atomic E-state index is 12.3. The molecular weight excluding hydrogens is 216 g/mol. The number of nitrogens with two attached hydrogens (primary N) is 1. The Morgan fingerprint density at radius 2 is 2.35 bits per heavy atom. The highest BCUT2D eigenvalue weighted by Gasteiger charge is 2.39. The Kier molecular flexibility index (Phi) is 3.15. The van der Waals surface area contributed by atoms with E-state index >= 15 is 0 Å². The van der Waals surface area contributed by atoms with Crippen LogP contribution < -0.4 is 5.73 Å². The van der Waals surface area contributed by atoms with E-state index in [0.717, 1.165) is 0 Å². The van der Waals surface area contributed by atoms with E-state index in [1.54, 1.807) is 6.07 Å². The molecule has 0 amide bonds. The van der Waals surface area contributed by atoms with Crippen LogP contribution in [0.2, 0.25) is 0 Å².